The van der Waals surface area contributed by atoms with Crippen molar-refractivity contribution in [1.82, 2.24) is 0 Å². The molecule has 0 spiro atoms. The number of benzene rings is 2. The third-order valence-electron chi connectivity index (χ3n) is 6.20. The summed E-state index contributed by atoms with van der Waals surface area (Å²) >= 11 is 0. The Labute approximate surface area is 198 Å². The Morgan fingerprint density at radius 2 is 1.21 bits per heavy atom. The molecule has 2 heterocycles. The standard InChI is InChI=1S/C29H36O4/c1-19(2)11-21-13-23(7-9-27(21)32-17-25-15-30-25)29(5,6)24-8-10-28(33-18-26-16-31-26)22(14-24)12-20(3)4/h7-10,13-14,25-26H,1,3,11-12,15-18H2,2,4-6H3. The van der Waals surface area contributed by atoms with Crippen molar-refractivity contribution in [3.05, 3.63) is 83.0 Å². The highest BCUT2D eigenvalue weighted by Crippen LogP contribution is 2.37. The van der Waals surface area contributed by atoms with Gasteiger partial charge in [-0.2, -0.15) is 0 Å². The number of hydrogen-bond acceptors (Lipinski definition) is 4. The minimum atomic E-state index is -0.191. The lowest BCUT2D eigenvalue weighted by Gasteiger charge is -2.28. The minimum absolute atomic E-state index is 0.191. The van der Waals surface area contributed by atoms with Gasteiger partial charge in [0.15, 0.2) is 0 Å². The predicted octanol–water partition coefficient (Wildman–Crippen LogP) is 5.80. The average molecular weight is 449 g/mol. The first-order valence-corrected chi connectivity index (χ1v) is 11.8. The zero-order valence-electron chi connectivity index (χ0n) is 20.4. The molecule has 0 aliphatic carbocycles. The Bertz CT molecular complexity index is 946. The lowest BCUT2D eigenvalue weighted by Crippen LogP contribution is -2.20. The number of hydrogen-bond donors (Lipinski definition) is 0. The van der Waals surface area contributed by atoms with Crippen LogP contribution in [0.4, 0.5) is 0 Å². The first kappa shape index (κ1) is 23.6. The molecule has 176 valence electrons. The molecule has 2 aliphatic rings. The number of epoxide rings is 2. The fourth-order valence-electron chi connectivity index (χ4n) is 4.01. The highest BCUT2D eigenvalue weighted by molar-refractivity contribution is 5.49. The monoisotopic (exact) mass is 448 g/mol. The van der Waals surface area contributed by atoms with Gasteiger partial charge in [0, 0.05) is 5.41 Å². The SMILES string of the molecule is C=C(C)Cc1cc(C(C)(C)c2ccc(OCC3CO3)c(CC(=C)C)c2)ccc1OCC1CO1. The summed E-state index contributed by atoms with van der Waals surface area (Å²) in [5.74, 6) is 1.84. The van der Waals surface area contributed by atoms with Crippen LogP contribution in [0.5, 0.6) is 11.5 Å². The summed E-state index contributed by atoms with van der Waals surface area (Å²) in [7, 11) is 0. The molecule has 0 bridgehead atoms. The van der Waals surface area contributed by atoms with Crippen molar-refractivity contribution < 1.29 is 18.9 Å². The molecule has 0 saturated carbocycles. The largest absolute Gasteiger partial charge is 0.490 e. The van der Waals surface area contributed by atoms with Crippen LogP contribution in [0.25, 0.3) is 0 Å². The van der Waals surface area contributed by atoms with E-state index in [1.54, 1.807) is 0 Å². The van der Waals surface area contributed by atoms with Crippen LogP contribution in [0.15, 0.2) is 60.7 Å². The summed E-state index contributed by atoms with van der Waals surface area (Å²) in [6.07, 6.45) is 2.05. The second kappa shape index (κ2) is 9.74. The zero-order valence-corrected chi connectivity index (χ0v) is 20.4. The molecule has 0 radical (unpaired) electrons. The van der Waals surface area contributed by atoms with Crippen LogP contribution in [0.3, 0.4) is 0 Å². The van der Waals surface area contributed by atoms with Crippen LogP contribution < -0.4 is 9.47 Å². The molecule has 2 fully saturated rings. The maximum Gasteiger partial charge on any atom is 0.122 e. The van der Waals surface area contributed by atoms with Crippen molar-refractivity contribution in [2.45, 2.75) is 58.2 Å². The van der Waals surface area contributed by atoms with Crippen LogP contribution >= 0.6 is 0 Å². The molecule has 0 amide bonds. The summed E-state index contributed by atoms with van der Waals surface area (Å²) < 4.78 is 22.7. The molecule has 2 aliphatic heterocycles. The van der Waals surface area contributed by atoms with Gasteiger partial charge in [0.2, 0.25) is 0 Å². The van der Waals surface area contributed by atoms with Crippen LogP contribution in [0.1, 0.15) is 49.9 Å². The fourth-order valence-corrected chi connectivity index (χ4v) is 4.01. The lowest BCUT2D eigenvalue weighted by atomic mass is 9.76. The number of ether oxygens (including phenoxy) is 4. The third kappa shape index (κ3) is 6.27. The van der Waals surface area contributed by atoms with E-state index in [0.29, 0.717) is 13.2 Å². The highest BCUT2D eigenvalue weighted by atomic mass is 16.6. The molecular weight excluding hydrogens is 412 g/mol. The van der Waals surface area contributed by atoms with Crippen LogP contribution in [-0.2, 0) is 27.7 Å². The van der Waals surface area contributed by atoms with E-state index >= 15 is 0 Å². The molecule has 2 saturated heterocycles. The molecule has 4 nitrogen and oxygen atoms in total. The van der Waals surface area contributed by atoms with Crippen LogP contribution in [0.2, 0.25) is 0 Å². The molecule has 2 atom stereocenters. The molecule has 2 unspecified atom stereocenters. The Morgan fingerprint density at radius 1 is 0.818 bits per heavy atom. The van der Waals surface area contributed by atoms with Crippen LogP contribution in [-0.4, -0.2) is 38.6 Å². The van der Waals surface area contributed by atoms with Gasteiger partial charge in [-0.15, -0.1) is 0 Å². The maximum absolute atomic E-state index is 6.06. The van der Waals surface area contributed by atoms with E-state index < -0.39 is 0 Å². The molecule has 4 heteroatoms. The van der Waals surface area contributed by atoms with E-state index in [2.05, 4.69) is 77.3 Å². The normalized spacial score (nSPS) is 19.2. The first-order valence-electron chi connectivity index (χ1n) is 11.8. The van der Waals surface area contributed by atoms with Crippen molar-refractivity contribution in [2.75, 3.05) is 26.4 Å². The Hall–Kier alpha value is -2.56. The van der Waals surface area contributed by atoms with Gasteiger partial charge in [-0.3, -0.25) is 0 Å². The quantitative estimate of drug-likeness (QED) is 0.304. The highest BCUT2D eigenvalue weighted by Gasteiger charge is 2.28. The summed E-state index contributed by atoms with van der Waals surface area (Å²) in [6.45, 7) is 19.7. The van der Waals surface area contributed by atoms with Gasteiger partial charge < -0.3 is 18.9 Å². The summed E-state index contributed by atoms with van der Waals surface area (Å²) in [4.78, 5) is 0. The van der Waals surface area contributed by atoms with Gasteiger partial charge in [-0.25, -0.2) is 0 Å². The van der Waals surface area contributed by atoms with Crippen molar-refractivity contribution in [1.29, 1.82) is 0 Å². The van der Waals surface area contributed by atoms with Crippen molar-refractivity contribution >= 4 is 0 Å². The van der Waals surface area contributed by atoms with Gasteiger partial charge >= 0.3 is 0 Å². The van der Waals surface area contributed by atoms with E-state index in [1.165, 1.54) is 22.3 Å². The topological polar surface area (TPSA) is 43.5 Å². The van der Waals surface area contributed by atoms with E-state index in [0.717, 1.165) is 48.7 Å². The van der Waals surface area contributed by atoms with Crippen molar-refractivity contribution in [3.8, 4) is 11.5 Å². The maximum atomic E-state index is 6.06. The van der Waals surface area contributed by atoms with Gasteiger partial charge in [-0.05, 0) is 61.1 Å². The van der Waals surface area contributed by atoms with Gasteiger partial charge in [-0.1, -0.05) is 62.4 Å². The summed E-state index contributed by atoms with van der Waals surface area (Å²) in [6, 6.07) is 13.1. The number of allylic oxidation sites excluding steroid dienone is 2. The van der Waals surface area contributed by atoms with Gasteiger partial charge in [0.05, 0.1) is 13.2 Å². The van der Waals surface area contributed by atoms with Crippen molar-refractivity contribution in [3.63, 3.8) is 0 Å². The smallest absolute Gasteiger partial charge is 0.122 e. The Balaban J connectivity index is 1.62. The molecule has 4 rings (SSSR count). The van der Waals surface area contributed by atoms with E-state index in [1.807, 2.05) is 0 Å². The van der Waals surface area contributed by atoms with Crippen molar-refractivity contribution in [2.24, 2.45) is 0 Å². The van der Waals surface area contributed by atoms with E-state index in [4.69, 9.17) is 18.9 Å². The third-order valence-corrected chi connectivity index (χ3v) is 6.20. The second-order valence-corrected chi connectivity index (χ2v) is 10.1. The average Bonchev–Trinajstić information content (AvgIpc) is 3.66. The second-order valence-electron chi connectivity index (χ2n) is 10.1. The van der Waals surface area contributed by atoms with E-state index in [-0.39, 0.29) is 17.6 Å². The fraction of sp³-hybridized carbons (Fsp3) is 0.448. The lowest BCUT2D eigenvalue weighted by molar-refractivity contribution is 0.261. The molecule has 2 aromatic rings. The minimum Gasteiger partial charge on any atom is -0.490 e. The Morgan fingerprint density at radius 3 is 1.55 bits per heavy atom. The molecular formula is C29H36O4. The van der Waals surface area contributed by atoms with Crippen LogP contribution in [0, 0.1) is 0 Å². The van der Waals surface area contributed by atoms with Gasteiger partial charge in [0.1, 0.15) is 36.9 Å². The molecule has 0 aromatic heterocycles. The molecule has 2 aromatic carbocycles. The summed E-state index contributed by atoms with van der Waals surface area (Å²) in [5.41, 5.74) is 6.86. The Kier molecular flexibility index (Phi) is 6.96. The number of rotatable bonds is 12. The molecule has 33 heavy (non-hydrogen) atoms. The molecule has 0 N–H and O–H groups in total. The predicted molar refractivity (Wildman–Crippen MR) is 133 cm³/mol. The van der Waals surface area contributed by atoms with Gasteiger partial charge in [0.25, 0.3) is 0 Å². The van der Waals surface area contributed by atoms with E-state index in [9.17, 15) is 0 Å². The summed E-state index contributed by atoms with van der Waals surface area (Å²) in [5, 5.41) is 0. The zero-order chi connectivity index (χ0) is 23.6. The first-order chi connectivity index (χ1) is 15.7.